The molecule has 0 aromatic heterocycles. The van der Waals surface area contributed by atoms with Crippen LogP contribution in [0.1, 0.15) is 49.5 Å². The maximum absolute atomic E-state index is 12.0. The molecule has 4 nitrogen and oxygen atoms in total. The summed E-state index contributed by atoms with van der Waals surface area (Å²) in [7, 11) is 0. The first-order valence-electron chi connectivity index (χ1n) is 7.64. The van der Waals surface area contributed by atoms with Crippen molar-refractivity contribution in [1.29, 1.82) is 0 Å². The molecule has 1 fully saturated rings. The van der Waals surface area contributed by atoms with Gasteiger partial charge in [-0.3, -0.25) is 4.90 Å². The summed E-state index contributed by atoms with van der Waals surface area (Å²) in [4.78, 5) is 14.3. The molecule has 2 N–H and O–H groups in total. The van der Waals surface area contributed by atoms with Crippen LogP contribution in [-0.2, 0) is 11.3 Å². The van der Waals surface area contributed by atoms with E-state index >= 15 is 0 Å². The highest BCUT2D eigenvalue weighted by Crippen LogP contribution is 2.15. The third kappa shape index (κ3) is 5.14. The number of hydrogen-bond acceptors (Lipinski definition) is 4. The normalized spacial score (nSPS) is 20.3. The van der Waals surface area contributed by atoms with Gasteiger partial charge in [-0.2, -0.15) is 0 Å². The van der Waals surface area contributed by atoms with Crippen molar-refractivity contribution < 1.29 is 9.53 Å². The highest BCUT2D eigenvalue weighted by atomic mass is 16.6. The SMILES string of the molecule is CC(C)(C)OC(=O)c1ccc(CN2CCC[C@H](N)C2)cc1. The van der Waals surface area contributed by atoms with Gasteiger partial charge in [-0.05, 0) is 57.9 Å². The Kier molecular flexibility index (Phi) is 5.01. The molecule has 21 heavy (non-hydrogen) atoms. The van der Waals surface area contributed by atoms with E-state index in [0.717, 1.165) is 32.5 Å². The Morgan fingerprint density at radius 2 is 2.00 bits per heavy atom. The zero-order valence-electron chi connectivity index (χ0n) is 13.3. The molecule has 4 heteroatoms. The molecule has 116 valence electrons. The van der Waals surface area contributed by atoms with Gasteiger partial charge >= 0.3 is 5.97 Å². The van der Waals surface area contributed by atoms with Crippen LogP contribution in [-0.4, -0.2) is 35.6 Å². The van der Waals surface area contributed by atoms with E-state index in [-0.39, 0.29) is 5.97 Å². The molecule has 0 aliphatic carbocycles. The van der Waals surface area contributed by atoms with Gasteiger partial charge in [-0.1, -0.05) is 12.1 Å². The molecular formula is C17H26N2O2. The second-order valence-corrected chi connectivity index (χ2v) is 6.84. The van der Waals surface area contributed by atoms with Crippen LogP contribution >= 0.6 is 0 Å². The predicted octanol–water partition coefficient (Wildman–Crippen LogP) is 2.57. The average molecular weight is 290 g/mol. The Morgan fingerprint density at radius 1 is 1.33 bits per heavy atom. The molecule has 1 aromatic carbocycles. The van der Waals surface area contributed by atoms with E-state index in [9.17, 15) is 4.79 Å². The highest BCUT2D eigenvalue weighted by Gasteiger charge is 2.19. The van der Waals surface area contributed by atoms with Gasteiger partial charge in [0.2, 0.25) is 0 Å². The van der Waals surface area contributed by atoms with E-state index in [1.54, 1.807) is 0 Å². The van der Waals surface area contributed by atoms with Crippen molar-refractivity contribution in [1.82, 2.24) is 4.90 Å². The molecule has 0 amide bonds. The van der Waals surface area contributed by atoms with Gasteiger partial charge in [0.1, 0.15) is 5.60 Å². The highest BCUT2D eigenvalue weighted by molar-refractivity contribution is 5.89. The summed E-state index contributed by atoms with van der Waals surface area (Å²) in [5, 5.41) is 0. The minimum atomic E-state index is -0.459. The molecule has 0 radical (unpaired) electrons. The van der Waals surface area contributed by atoms with E-state index < -0.39 is 5.60 Å². The predicted molar refractivity (Wildman–Crippen MR) is 84.1 cm³/mol. The van der Waals surface area contributed by atoms with Crippen molar-refractivity contribution in [3.63, 3.8) is 0 Å². The largest absolute Gasteiger partial charge is 0.456 e. The van der Waals surface area contributed by atoms with Crippen molar-refractivity contribution in [2.75, 3.05) is 13.1 Å². The number of ether oxygens (including phenoxy) is 1. The summed E-state index contributed by atoms with van der Waals surface area (Å²) in [5.41, 5.74) is 7.35. The fraction of sp³-hybridized carbons (Fsp3) is 0.588. The molecule has 1 aliphatic rings. The summed E-state index contributed by atoms with van der Waals surface area (Å²) in [6, 6.07) is 7.97. The number of esters is 1. The molecule has 1 atom stereocenters. The Labute approximate surface area is 127 Å². The lowest BCUT2D eigenvalue weighted by molar-refractivity contribution is 0.00695. The van der Waals surface area contributed by atoms with Gasteiger partial charge in [0.25, 0.3) is 0 Å². The lowest BCUT2D eigenvalue weighted by Crippen LogP contribution is -2.42. The van der Waals surface area contributed by atoms with Crippen LogP contribution in [0.3, 0.4) is 0 Å². The number of piperidine rings is 1. The number of nitrogens with zero attached hydrogens (tertiary/aromatic N) is 1. The lowest BCUT2D eigenvalue weighted by atomic mass is 10.1. The summed E-state index contributed by atoms with van der Waals surface area (Å²) in [6.45, 7) is 8.56. The van der Waals surface area contributed by atoms with Crippen LogP contribution in [0.25, 0.3) is 0 Å². The van der Waals surface area contributed by atoms with Crippen LogP contribution in [0.15, 0.2) is 24.3 Å². The number of nitrogens with two attached hydrogens (primary N) is 1. The van der Waals surface area contributed by atoms with Crippen LogP contribution < -0.4 is 5.73 Å². The molecule has 1 aliphatic heterocycles. The smallest absolute Gasteiger partial charge is 0.338 e. The van der Waals surface area contributed by atoms with E-state index in [1.807, 2.05) is 45.0 Å². The standard InChI is InChI=1S/C17H26N2O2/c1-17(2,3)21-16(20)14-8-6-13(7-9-14)11-19-10-4-5-15(18)12-19/h6-9,15H,4-5,10-12,18H2,1-3H3/t15-/m0/s1. The summed E-state index contributed by atoms with van der Waals surface area (Å²) in [5.74, 6) is -0.269. The first-order valence-corrected chi connectivity index (χ1v) is 7.64. The maximum atomic E-state index is 12.0. The van der Waals surface area contributed by atoms with Gasteiger partial charge in [0, 0.05) is 19.1 Å². The van der Waals surface area contributed by atoms with E-state index in [4.69, 9.17) is 10.5 Å². The first kappa shape index (κ1) is 16.0. The molecular weight excluding hydrogens is 264 g/mol. The number of likely N-dealkylation sites (tertiary alicyclic amines) is 1. The number of hydrogen-bond donors (Lipinski definition) is 1. The number of benzene rings is 1. The van der Waals surface area contributed by atoms with Crippen LogP contribution in [0.4, 0.5) is 0 Å². The zero-order chi connectivity index (χ0) is 15.5. The van der Waals surface area contributed by atoms with Crippen molar-refractivity contribution >= 4 is 5.97 Å². The average Bonchev–Trinajstić information content (AvgIpc) is 2.37. The fourth-order valence-corrected chi connectivity index (χ4v) is 2.58. The molecule has 0 bridgehead atoms. The van der Waals surface area contributed by atoms with Crippen molar-refractivity contribution in [3.05, 3.63) is 35.4 Å². The topological polar surface area (TPSA) is 55.6 Å². The molecule has 2 rings (SSSR count). The van der Waals surface area contributed by atoms with Gasteiger partial charge in [-0.15, -0.1) is 0 Å². The summed E-state index contributed by atoms with van der Waals surface area (Å²) < 4.78 is 5.36. The Morgan fingerprint density at radius 3 is 2.57 bits per heavy atom. The van der Waals surface area contributed by atoms with Crippen molar-refractivity contribution in [3.8, 4) is 0 Å². The summed E-state index contributed by atoms with van der Waals surface area (Å²) >= 11 is 0. The minimum absolute atomic E-state index is 0.269. The Hall–Kier alpha value is -1.39. The Balaban J connectivity index is 1.94. The van der Waals surface area contributed by atoms with Crippen LogP contribution in [0, 0.1) is 0 Å². The number of carbonyl (C=O) groups excluding carboxylic acids is 1. The van der Waals surface area contributed by atoms with Gasteiger partial charge in [0.15, 0.2) is 0 Å². The van der Waals surface area contributed by atoms with Crippen molar-refractivity contribution in [2.24, 2.45) is 5.73 Å². The third-order valence-corrected chi connectivity index (χ3v) is 3.54. The molecule has 0 saturated carbocycles. The second kappa shape index (κ2) is 6.58. The minimum Gasteiger partial charge on any atom is -0.456 e. The second-order valence-electron chi connectivity index (χ2n) is 6.84. The summed E-state index contributed by atoms with van der Waals surface area (Å²) in [6.07, 6.45) is 2.28. The lowest BCUT2D eigenvalue weighted by Gasteiger charge is -2.30. The molecule has 1 heterocycles. The quantitative estimate of drug-likeness (QED) is 0.869. The molecule has 0 unspecified atom stereocenters. The fourth-order valence-electron chi connectivity index (χ4n) is 2.58. The number of rotatable bonds is 3. The van der Waals surface area contributed by atoms with E-state index in [0.29, 0.717) is 11.6 Å². The van der Waals surface area contributed by atoms with E-state index in [1.165, 1.54) is 5.56 Å². The zero-order valence-corrected chi connectivity index (χ0v) is 13.3. The van der Waals surface area contributed by atoms with Crippen molar-refractivity contribution in [2.45, 2.75) is 51.8 Å². The van der Waals surface area contributed by atoms with E-state index in [2.05, 4.69) is 4.90 Å². The first-order chi connectivity index (χ1) is 9.83. The third-order valence-electron chi connectivity index (χ3n) is 3.54. The molecule has 1 saturated heterocycles. The van der Waals surface area contributed by atoms with Gasteiger partial charge in [-0.25, -0.2) is 4.79 Å². The monoisotopic (exact) mass is 290 g/mol. The van der Waals surface area contributed by atoms with Gasteiger partial charge in [0.05, 0.1) is 5.56 Å². The van der Waals surface area contributed by atoms with Crippen LogP contribution in [0.2, 0.25) is 0 Å². The van der Waals surface area contributed by atoms with Crippen LogP contribution in [0.5, 0.6) is 0 Å². The Bertz CT molecular complexity index is 477. The molecule has 1 aromatic rings. The molecule has 0 spiro atoms. The number of carbonyl (C=O) groups is 1. The van der Waals surface area contributed by atoms with Gasteiger partial charge < -0.3 is 10.5 Å². The maximum Gasteiger partial charge on any atom is 0.338 e.